The Bertz CT molecular complexity index is 1360. The van der Waals surface area contributed by atoms with E-state index in [1.807, 2.05) is 6.33 Å². The van der Waals surface area contributed by atoms with Gasteiger partial charge in [-0.3, -0.25) is 0 Å². The number of allylic oxidation sites excluding steroid dienone is 1. The van der Waals surface area contributed by atoms with Gasteiger partial charge in [-0.1, -0.05) is 61.5 Å². The first-order valence-electron chi connectivity index (χ1n) is 11.7. The molecule has 0 fully saturated rings. The average molecular weight is 450 g/mol. The van der Waals surface area contributed by atoms with Gasteiger partial charge in [-0.2, -0.15) is 0 Å². The Hall–Kier alpha value is -4.06. The first kappa shape index (κ1) is 20.5. The maximum atomic E-state index is 5.65. The van der Waals surface area contributed by atoms with Crippen molar-refractivity contribution in [3.63, 3.8) is 0 Å². The highest BCUT2D eigenvalue weighted by atomic mass is 16.5. The molecule has 3 heterocycles. The number of hydrogen-bond acceptors (Lipinski definition) is 5. The number of ether oxygens (including phenoxy) is 1. The summed E-state index contributed by atoms with van der Waals surface area (Å²) in [5, 5.41) is 8.69. The molecule has 0 bridgehead atoms. The second-order valence-corrected chi connectivity index (χ2v) is 8.82. The van der Waals surface area contributed by atoms with Crippen LogP contribution in [0.4, 0.5) is 5.69 Å². The van der Waals surface area contributed by atoms with E-state index < -0.39 is 0 Å². The van der Waals surface area contributed by atoms with E-state index in [2.05, 4.69) is 104 Å². The molecule has 0 saturated heterocycles. The Morgan fingerprint density at radius 2 is 1.76 bits per heavy atom. The van der Waals surface area contributed by atoms with Crippen molar-refractivity contribution in [3.05, 3.63) is 96.1 Å². The molecule has 0 unspecified atom stereocenters. The van der Waals surface area contributed by atoms with Crippen LogP contribution in [0.15, 0.2) is 85.0 Å². The number of benzene rings is 3. The number of rotatable bonds is 5. The second-order valence-electron chi connectivity index (χ2n) is 8.82. The van der Waals surface area contributed by atoms with E-state index in [1.165, 1.54) is 28.0 Å². The van der Waals surface area contributed by atoms with Gasteiger partial charge in [0, 0.05) is 24.4 Å². The normalized spacial score (nSPS) is 14.2. The lowest BCUT2D eigenvalue weighted by Crippen LogP contribution is -2.27. The molecular formula is C28H27N5O. The highest BCUT2D eigenvalue weighted by Gasteiger charge is 2.31. The van der Waals surface area contributed by atoms with E-state index in [9.17, 15) is 0 Å². The van der Waals surface area contributed by atoms with Crippen molar-refractivity contribution in [2.24, 2.45) is 0 Å². The summed E-state index contributed by atoms with van der Waals surface area (Å²) in [5.41, 5.74) is 8.52. The lowest BCUT2D eigenvalue weighted by atomic mass is 10.0. The monoisotopic (exact) mass is 449 g/mol. The Labute approximate surface area is 199 Å². The predicted octanol–water partition coefficient (Wildman–Crippen LogP) is 5.32. The molecule has 1 aromatic heterocycles. The molecule has 170 valence electrons. The quantitative estimate of drug-likeness (QED) is 0.413. The molecular weight excluding hydrogens is 422 g/mol. The summed E-state index contributed by atoms with van der Waals surface area (Å²) in [5.74, 6) is 1.80. The van der Waals surface area contributed by atoms with Crippen LogP contribution in [0.25, 0.3) is 22.5 Å². The number of aryl methyl sites for hydroxylation is 1. The lowest BCUT2D eigenvalue weighted by Gasteiger charge is -2.25. The standard InChI is InChI=1S/C28H27N5O/c1-3-21-13-25(34-2)14-26-27(21)28-30-29-18-32(28)17-24-16-31(19-33(24)26)15-20-9-11-23(12-10-20)22-7-5-4-6-8-22/h4-14,16,18H,3,15,17,19H2,1-2H3. The summed E-state index contributed by atoms with van der Waals surface area (Å²) in [6.07, 6.45) is 5.00. The van der Waals surface area contributed by atoms with Crippen molar-refractivity contribution in [1.29, 1.82) is 0 Å². The minimum Gasteiger partial charge on any atom is -0.497 e. The smallest absolute Gasteiger partial charge is 0.166 e. The third-order valence-electron chi connectivity index (χ3n) is 6.70. The van der Waals surface area contributed by atoms with Crippen molar-refractivity contribution >= 4 is 5.69 Å². The Balaban J connectivity index is 1.32. The SMILES string of the molecule is CCc1cc(OC)cc2c1-c1nncn1CC1=CN(Cc3ccc(-c4ccccc4)cc3)CN12. The molecule has 0 radical (unpaired) electrons. The Kier molecular flexibility index (Phi) is 5.06. The maximum Gasteiger partial charge on any atom is 0.166 e. The minimum absolute atomic E-state index is 0.742. The first-order valence-corrected chi connectivity index (χ1v) is 11.7. The van der Waals surface area contributed by atoms with Gasteiger partial charge in [0.25, 0.3) is 0 Å². The first-order chi connectivity index (χ1) is 16.7. The Morgan fingerprint density at radius 1 is 0.971 bits per heavy atom. The number of nitrogens with zero attached hydrogens (tertiary/aromatic N) is 5. The zero-order valence-corrected chi connectivity index (χ0v) is 19.5. The molecule has 0 atom stereocenters. The summed E-state index contributed by atoms with van der Waals surface area (Å²) in [4.78, 5) is 4.76. The van der Waals surface area contributed by atoms with Gasteiger partial charge in [-0.05, 0) is 34.7 Å². The molecule has 6 rings (SSSR count). The molecule has 3 aromatic carbocycles. The van der Waals surface area contributed by atoms with Crippen LogP contribution in [0.2, 0.25) is 0 Å². The van der Waals surface area contributed by atoms with Crippen LogP contribution in [0.5, 0.6) is 5.75 Å². The molecule has 6 heteroatoms. The number of hydrogen-bond donors (Lipinski definition) is 0. The summed E-state index contributed by atoms with van der Waals surface area (Å²) < 4.78 is 7.80. The topological polar surface area (TPSA) is 46.4 Å². The van der Waals surface area contributed by atoms with Gasteiger partial charge < -0.3 is 19.1 Å². The second kappa shape index (κ2) is 8.37. The molecule has 2 aliphatic heterocycles. The molecule has 34 heavy (non-hydrogen) atoms. The van der Waals surface area contributed by atoms with Crippen molar-refractivity contribution in [3.8, 4) is 28.3 Å². The van der Waals surface area contributed by atoms with Gasteiger partial charge in [-0.25, -0.2) is 0 Å². The summed E-state index contributed by atoms with van der Waals surface area (Å²) in [6.45, 7) is 4.56. The van der Waals surface area contributed by atoms with Gasteiger partial charge in [0.1, 0.15) is 12.1 Å². The van der Waals surface area contributed by atoms with E-state index in [-0.39, 0.29) is 0 Å². The highest BCUT2D eigenvalue weighted by molar-refractivity contribution is 5.82. The number of fused-ring (bicyclic) bond motifs is 5. The van der Waals surface area contributed by atoms with Crippen molar-refractivity contribution in [2.45, 2.75) is 26.4 Å². The minimum atomic E-state index is 0.742. The molecule has 0 amide bonds. The van der Waals surface area contributed by atoms with Crippen molar-refractivity contribution in [1.82, 2.24) is 19.7 Å². The van der Waals surface area contributed by atoms with E-state index >= 15 is 0 Å². The van der Waals surface area contributed by atoms with Gasteiger partial charge >= 0.3 is 0 Å². The van der Waals surface area contributed by atoms with Gasteiger partial charge in [0.2, 0.25) is 0 Å². The third-order valence-corrected chi connectivity index (χ3v) is 6.70. The maximum absolute atomic E-state index is 5.65. The van der Waals surface area contributed by atoms with Crippen molar-refractivity contribution < 1.29 is 4.74 Å². The fraction of sp³-hybridized carbons (Fsp3) is 0.214. The van der Waals surface area contributed by atoms with E-state index in [0.29, 0.717) is 0 Å². The van der Waals surface area contributed by atoms with Crippen LogP contribution >= 0.6 is 0 Å². The molecule has 4 aromatic rings. The molecule has 0 saturated carbocycles. The van der Waals surface area contributed by atoms with Crippen LogP contribution in [0.1, 0.15) is 18.1 Å². The fourth-order valence-electron chi connectivity index (χ4n) is 4.98. The predicted molar refractivity (Wildman–Crippen MR) is 134 cm³/mol. The zero-order valence-electron chi connectivity index (χ0n) is 19.5. The highest BCUT2D eigenvalue weighted by Crippen LogP contribution is 2.42. The molecule has 0 N–H and O–H groups in total. The third kappa shape index (κ3) is 3.52. The zero-order chi connectivity index (χ0) is 23.1. The number of anilines is 1. The van der Waals surface area contributed by atoms with E-state index in [4.69, 9.17) is 4.74 Å². The summed E-state index contributed by atoms with van der Waals surface area (Å²) in [6, 6.07) is 23.6. The van der Waals surface area contributed by atoms with Crippen LogP contribution < -0.4 is 9.64 Å². The van der Waals surface area contributed by atoms with Crippen LogP contribution in [0, 0.1) is 0 Å². The average Bonchev–Trinajstić information content (AvgIpc) is 3.48. The van der Waals surface area contributed by atoms with E-state index in [1.54, 1.807) is 7.11 Å². The van der Waals surface area contributed by atoms with Gasteiger partial charge in [-0.15, -0.1) is 10.2 Å². The van der Waals surface area contributed by atoms with E-state index in [0.717, 1.165) is 49.0 Å². The van der Waals surface area contributed by atoms with Crippen LogP contribution in [-0.2, 0) is 19.5 Å². The van der Waals surface area contributed by atoms with Crippen LogP contribution in [0.3, 0.4) is 0 Å². The van der Waals surface area contributed by atoms with Gasteiger partial charge in [0.05, 0.1) is 31.7 Å². The Morgan fingerprint density at radius 3 is 2.53 bits per heavy atom. The fourth-order valence-corrected chi connectivity index (χ4v) is 4.98. The van der Waals surface area contributed by atoms with Crippen LogP contribution in [-0.4, -0.2) is 33.4 Å². The molecule has 2 aliphatic rings. The van der Waals surface area contributed by atoms with Gasteiger partial charge in [0.15, 0.2) is 5.82 Å². The largest absolute Gasteiger partial charge is 0.497 e. The summed E-state index contributed by atoms with van der Waals surface area (Å²) in [7, 11) is 1.73. The molecule has 6 nitrogen and oxygen atoms in total. The number of methoxy groups -OCH3 is 1. The van der Waals surface area contributed by atoms with Crippen molar-refractivity contribution in [2.75, 3.05) is 18.7 Å². The summed E-state index contributed by atoms with van der Waals surface area (Å²) >= 11 is 0. The molecule has 0 spiro atoms. The lowest BCUT2D eigenvalue weighted by molar-refractivity contribution is 0.399. The number of aromatic nitrogens is 3. The molecule has 0 aliphatic carbocycles.